The molecule has 10 heteroatoms. The van der Waals surface area contributed by atoms with Crippen molar-refractivity contribution in [3.63, 3.8) is 0 Å². The second-order valence-corrected chi connectivity index (χ2v) is 12.8. The molecule has 5 rings (SSSR count). The van der Waals surface area contributed by atoms with E-state index in [0.717, 1.165) is 27.1 Å². The van der Waals surface area contributed by atoms with Crippen LogP contribution in [0.4, 0.5) is 0 Å². The van der Waals surface area contributed by atoms with Gasteiger partial charge in [-0.25, -0.2) is 0 Å². The molecule has 0 saturated carbocycles. The Bertz CT molecular complexity index is 1770. The predicted octanol–water partition coefficient (Wildman–Crippen LogP) is 4.88. The maximum Gasteiger partial charge on any atom is 0.260 e. The lowest BCUT2D eigenvalue weighted by Gasteiger charge is -2.38. The number of imide groups is 1. The van der Waals surface area contributed by atoms with Gasteiger partial charge in [0.2, 0.25) is 11.3 Å². The Morgan fingerprint density at radius 1 is 1.07 bits per heavy atom. The fourth-order valence-corrected chi connectivity index (χ4v) is 6.97. The molecular weight excluding hydrogens is 572 g/mol. The number of fused-ring (bicyclic) bond motifs is 2. The lowest BCUT2D eigenvalue weighted by molar-refractivity contribution is -0.134. The molecule has 3 amide bonds. The average molecular weight is 605 g/mol. The molecule has 42 heavy (non-hydrogen) atoms. The monoisotopic (exact) mass is 604 g/mol. The summed E-state index contributed by atoms with van der Waals surface area (Å²) in [7, 11) is 3.76. The fourth-order valence-electron chi connectivity index (χ4n) is 5.46. The fraction of sp³-hybridized carbons (Fsp3) is 0.312. The first-order valence-electron chi connectivity index (χ1n) is 13.7. The molecule has 1 aliphatic rings. The number of likely N-dealkylation sites (N-methyl/N-ethyl adjacent to an activating group) is 1. The highest BCUT2D eigenvalue weighted by molar-refractivity contribution is 7.19. The molecule has 0 atom stereocenters. The van der Waals surface area contributed by atoms with Gasteiger partial charge in [-0.2, -0.15) is 0 Å². The predicted molar refractivity (Wildman–Crippen MR) is 166 cm³/mol. The van der Waals surface area contributed by atoms with Crippen molar-refractivity contribution in [2.45, 2.75) is 39.3 Å². The first kappa shape index (κ1) is 29.7. The van der Waals surface area contributed by atoms with E-state index in [2.05, 4.69) is 5.32 Å². The van der Waals surface area contributed by atoms with Gasteiger partial charge >= 0.3 is 0 Å². The number of aryl methyl sites for hydroxylation is 2. The second kappa shape index (κ2) is 11.5. The van der Waals surface area contributed by atoms with E-state index in [1.165, 1.54) is 16.2 Å². The number of nitrogens with one attached hydrogen (secondary N) is 1. The van der Waals surface area contributed by atoms with Gasteiger partial charge in [-0.1, -0.05) is 41.9 Å². The van der Waals surface area contributed by atoms with Crippen LogP contribution in [-0.2, 0) is 30.3 Å². The third-order valence-electron chi connectivity index (χ3n) is 7.93. The van der Waals surface area contributed by atoms with E-state index in [0.29, 0.717) is 28.4 Å². The Hall–Kier alpha value is -3.79. The van der Waals surface area contributed by atoms with Crippen LogP contribution in [0.5, 0.6) is 0 Å². The summed E-state index contributed by atoms with van der Waals surface area (Å²) in [5.74, 6) is -0.911. The van der Waals surface area contributed by atoms with Crippen LogP contribution >= 0.6 is 22.9 Å². The van der Waals surface area contributed by atoms with Gasteiger partial charge in [0.25, 0.3) is 11.8 Å². The molecule has 8 nitrogen and oxygen atoms in total. The number of halogens is 1. The number of nitrogens with zero attached hydrogens (tertiary/aromatic N) is 3. The van der Waals surface area contributed by atoms with Crippen molar-refractivity contribution in [2.24, 2.45) is 7.05 Å². The molecule has 0 spiro atoms. The number of aromatic nitrogens is 1. The summed E-state index contributed by atoms with van der Waals surface area (Å²) < 4.78 is 2.35. The van der Waals surface area contributed by atoms with E-state index in [-0.39, 0.29) is 35.9 Å². The molecule has 0 aliphatic carbocycles. The standard InChI is InChI=1S/C32H33ClN4O4S/c1-19-25(18-35(4)14-15-37-30(40)22-8-6-7-9-24(22)32(2,3)31(37)41)42-28-26(19)36(5)17-23(27(28)38)29(39)34-16-20-10-12-21(33)13-11-20/h6-13,17H,14-16,18H2,1-5H3,(H,34,39). The van der Waals surface area contributed by atoms with E-state index in [9.17, 15) is 19.2 Å². The van der Waals surface area contributed by atoms with E-state index < -0.39 is 11.3 Å². The third-order valence-corrected chi connectivity index (χ3v) is 9.44. The molecular formula is C32H33ClN4O4S. The molecule has 2 aromatic carbocycles. The van der Waals surface area contributed by atoms with Crippen LogP contribution in [0.25, 0.3) is 10.2 Å². The molecule has 4 aromatic rings. The Morgan fingerprint density at radius 3 is 2.48 bits per heavy atom. The maximum atomic E-state index is 13.4. The highest BCUT2D eigenvalue weighted by Gasteiger charge is 2.44. The second-order valence-electron chi connectivity index (χ2n) is 11.3. The number of hydrogen-bond donors (Lipinski definition) is 1. The SMILES string of the molecule is Cc1c(CN(C)CCN2C(=O)c3ccccc3C(C)(C)C2=O)sc2c(=O)c(C(=O)NCc3ccc(Cl)cc3)cn(C)c12. The smallest absolute Gasteiger partial charge is 0.260 e. The molecule has 0 unspecified atom stereocenters. The Balaban J connectivity index is 1.31. The van der Waals surface area contributed by atoms with Gasteiger partial charge < -0.3 is 9.88 Å². The minimum Gasteiger partial charge on any atom is -0.349 e. The van der Waals surface area contributed by atoms with Crippen LogP contribution in [0.1, 0.15) is 56.1 Å². The van der Waals surface area contributed by atoms with E-state index in [1.807, 2.05) is 74.7 Å². The summed E-state index contributed by atoms with van der Waals surface area (Å²) >= 11 is 7.32. The van der Waals surface area contributed by atoms with Gasteiger partial charge in [0, 0.05) is 54.9 Å². The highest BCUT2D eigenvalue weighted by Crippen LogP contribution is 2.34. The zero-order valence-electron chi connectivity index (χ0n) is 24.3. The highest BCUT2D eigenvalue weighted by atomic mass is 35.5. The van der Waals surface area contributed by atoms with Crippen molar-refractivity contribution < 1.29 is 14.4 Å². The molecule has 1 aliphatic heterocycles. The van der Waals surface area contributed by atoms with Crippen molar-refractivity contribution in [3.05, 3.63) is 103 Å². The molecule has 0 saturated heterocycles. The number of thiophene rings is 1. The van der Waals surface area contributed by atoms with E-state index >= 15 is 0 Å². The molecule has 0 radical (unpaired) electrons. The van der Waals surface area contributed by atoms with Crippen LogP contribution < -0.4 is 10.7 Å². The molecule has 3 heterocycles. The Kier molecular flexibility index (Phi) is 8.11. The van der Waals surface area contributed by atoms with Gasteiger partial charge in [-0.15, -0.1) is 11.3 Å². The van der Waals surface area contributed by atoms with Crippen molar-refractivity contribution in [1.29, 1.82) is 0 Å². The molecule has 0 fully saturated rings. The normalized spacial score (nSPS) is 14.5. The zero-order chi connectivity index (χ0) is 30.3. The Labute approximate surface area is 253 Å². The van der Waals surface area contributed by atoms with E-state index in [4.69, 9.17) is 11.6 Å². The largest absolute Gasteiger partial charge is 0.349 e. The summed E-state index contributed by atoms with van der Waals surface area (Å²) in [5.41, 5.74) is 2.96. The quantitative estimate of drug-likeness (QED) is 0.289. The zero-order valence-corrected chi connectivity index (χ0v) is 25.9. The van der Waals surface area contributed by atoms with Crippen molar-refractivity contribution in [2.75, 3.05) is 20.1 Å². The minimum atomic E-state index is -0.788. The summed E-state index contributed by atoms with van der Waals surface area (Å²) in [6.07, 6.45) is 1.59. The number of hydrogen-bond acceptors (Lipinski definition) is 6. The first-order valence-corrected chi connectivity index (χ1v) is 14.9. The van der Waals surface area contributed by atoms with Crippen LogP contribution in [0, 0.1) is 6.92 Å². The molecule has 0 bridgehead atoms. The number of carbonyl (C=O) groups is 3. The van der Waals surface area contributed by atoms with Crippen LogP contribution in [0.2, 0.25) is 5.02 Å². The molecule has 2 aromatic heterocycles. The van der Waals surface area contributed by atoms with Gasteiger partial charge in [0.05, 0.1) is 15.6 Å². The van der Waals surface area contributed by atoms with Crippen molar-refractivity contribution in [3.8, 4) is 0 Å². The van der Waals surface area contributed by atoms with Crippen LogP contribution in [0.15, 0.2) is 59.5 Å². The number of benzene rings is 2. The van der Waals surface area contributed by atoms with Gasteiger partial charge in [-0.05, 0) is 62.7 Å². The number of rotatable bonds is 8. The maximum absolute atomic E-state index is 13.4. The summed E-state index contributed by atoms with van der Waals surface area (Å²) in [5, 5.41) is 3.44. The third kappa shape index (κ3) is 5.40. The van der Waals surface area contributed by atoms with Gasteiger partial charge in [-0.3, -0.25) is 29.0 Å². The lowest BCUT2D eigenvalue weighted by Crippen LogP contribution is -2.53. The topological polar surface area (TPSA) is 91.7 Å². The van der Waals surface area contributed by atoms with E-state index in [1.54, 1.807) is 24.4 Å². The summed E-state index contributed by atoms with van der Waals surface area (Å²) in [4.78, 5) is 57.2. The molecule has 218 valence electrons. The van der Waals surface area contributed by atoms with Gasteiger partial charge in [0.1, 0.15) is 5.56 Å². The number of carbonyl (C=O) groups excluding carboxylic acids is 3. The Morgan fingerprint density at radius 2 is 1.76 bits per heavy atom. The van der Waals surface area contributed by atoms with Gasteiger partial charge in [0.15, 0.2) is 0 Å². The summed E-state index contributed by atoms with van der Waals surface area (Å²) in [6, 6.07) is 14.4. The lowest BCUT2D eigenvalue weighted by atomic mass is 9.77. The number of amides is 3. The van der Waals surface area contributed by atoms with Crippen molar-refractivity contribution >= 4 is 50.9 Å². The minimum absolute atomic E-state index is 0.0881. The van der Waals surface area contributed by atoms with Crippen LogP contribution in [0.3, 0.4) is 0 Å². The average Bonchev–Trinajstić information content (AvgIpc) is 3.29. The van der Waals surface area contributed by atoms with Crippen LogP contribution in [-0.4, -0.2) is 52.2 Å². The van der Waals surface area contributed by atoms with Crippen molar-refractivity contribution in [1.82, 2.24) is 19.7 Å². The first-order chi connectivity index (χ1) is 19.9. The number of pyridine rings is 1. The summed E-state index contributed by atoms with van der Waals surface area (Å²) in [6.45, 7) is 7.21. The molecule has 1 N–H and O–H groups in total.